The van der Waals surface area contributed by atoms with Crippen molar-refractivity contribution in [2.75, 3.05) is 6.61 Å². The quantitative estimate of drug-likeness (QED) is 0.0903. The lowest BCUT2D eigenvalue weighted by atomic mass is 10.0. The summed E-state index contributed by atoms with van der Waals surface area (Å²) in [6, 6.07) is 0. The predicted molar refractivity (Wildman–Crippen MR) is 89.3 cm³/mol. The molecule has 0 aliphatic carbocycles. The molecule has 21 nitrogen and oxygen atoms in total. The van der Waals surface area contributed by atoms with Gasteiger partial charge in [-0.1, -0.05) is 0 Å². The van der Waals surface area contributed by atoms with Gasteiger partial charge in [0, 0.05) is 0 Å². The zero-order valence-corrected chi connectivity index (χ0v) is 18.5. The maximum Gasteiger partial charge on any atom is 0.398 e. The second-order valence-corrected chi connectivity index (χ2v) is 10.2. The molecule has 0 fully saturated rings. The van der Waals surface area contributed by atoms with Crippen LogP contribution in [0.4, 0.5) is 0 Å². The molecule has 26 heteroatoms. The van der Waals surface area contributed by atoms with Crippen LogP contribution >= 0.6 is 0 Å². The normalized spacial score (nSPS) is 17.9. The molecule has 0 unspecified atom stereocenters. The first-order valence-electron chi connectivity index (χ1n) is 6.62. The topological polar surface area (TPSA) is 335 Å². The fourth-order valence-corrected chi connectivity index (χ4v) is 3.92. The van der Waals surface area contributed by atoms with Crippen LogP contribution in [-0.2, 0) is 77.7 Å². The molecule has 0 spiro atoms. The average molecular weight is 580 g/mol. The first kappa shape index (κ1) is 31.0. The van der Waals surface area contributed by atoms with Gasteiger partial charge in [-0.05, 0) is 0 Å². The van der Waals surface area contributed by atoms with Crippen molar-refractivity contribution in [1.29, 1.82) is 0 Å². The maximum absolute atomic E-state index is 11.1. The molecule has 0 aromatic carbocycles. The predicted octanol–water partition coefficient (Wildman–Crippen LogP) is -4.24. The summed E-state index contributed by atoms with van der Waals surface area (Å²) in [7, 11) is -28.9. The standard InChI is InChI=1S/C6H12O21S5/c7-1-3(24-29(11,12)13)5(26-31(17,18)19)6(27-32(20,21)22)4(25-30(14,15)16)2-23-28(8,9)10/h1,3-6H,2H2,(H,8,9,10)(H,11,12,13)(H,14,15,16)(H,17,18,19)(H,20,21,22)/t3-,4+,5+,6+/m0/s1. The van der Waals surface area contributed by atoms with Gasteiger partial charge in [0.05, 0.1) is 6.61 Å². The summed E-state index contributed by atoms with van der Waals surface area (Å²) in [5, 5.41) is 0. The van der Waals surface area contributed by atoms with E-state index in [9.17, 15) is 46.9 Å². The van der Waals surface area contributed by atoms with Gasteiger partial charge in [0.1, 0.15) is 18.3 Å². The molecule has 192 valence electrons. The molecule has 0 radical (unpaired) electrons. The summed E-state index contributed by atoms with van der Waals surface area (Å²) in [5.41, 5.74) is 0. The first-order valence-corrected chi connectivity index (χ1v) is 13.4. The lowest BCUT2D eigenvalue weighted by Crippen LogP contribution is -2.53. The Bertz CT molecular complexity index is 1170. The molecule has 0 amide bonds. The molecular formula is C6H12O21S5. The lowest BCUT2D eigenvalue weighted by Gasteiger charge is -2.31. The van der Waals surface area contributed by atoms with Crippen LogP contribution in [0.3, 0.4) is 0 Å². The summed E-state index contributed by atoms with van der Waals surface area (Å²) in [4.78, 5) is 11.1. The lowest BCUT2D eigenvalue weighted by molar-refractivity contribution is -0.125. The molecule has 0 saturated carbocycles. The van der Waals surface area contributed by atoms with Crippen molar-refractivity contribution in [2.45, 2.75) is 24.4 Å². The summed E-state index contributed by atoms with van der Waals surface area (Å²) in [6.07, 6.45) is -13.5. The highest BCUT2D eigenvalue weighted by Gasteiger charge is 2.46. The van der Waals surface area contributed by atoms with E-state index in [2.05, 4.69) is 20.9 Å². The number of aldehydes is 1. The van der Waals surface area contributed by atoms with Crippen LogP contribution in [0.5, 0.6) is 0 Å². The highest BCUT2D eigenvalue weighted by Crippen LogP contribution is 2.23. The molecule has 32 heavy (non-hydrogen) atoms. The van der Waals surface area contributed by atoms with E-state index in [1.807, 2.05) is 0 Å². The van der Waals surface area contributed by atoms with Crippen LogP contribution in [0.2, 0.25) is 0 Å². The average Bonchev–Trinajstić information content (AvgIpc) is 2.48. The fourth-order valence-electron chi connectivity index (χ4n) is 1.69. The van der Waals surface area contributed by atoms with Gasteiger partial charge >= 0.3 is 52.0 Å². The second kappa shape index (κ2) is 11.0. The number of hydrogen-bond donors (Lipinski definition) is 5. The molecule has 0 aliphatic rings. The van der Waals surface area contributed by atoms with Gasteiger partial charge in [-0.2, -0.15) is 42.1 Å². The zero-order valence-electron chi connectivity index (χ0n) is 14.4. The van der Waals surface area contributed by atoms with Crippen molar-refractivity contribution < 1.29 is 90.6 Å². The Balaban J connectivity index is 6.83. The van der Waals surface area contributed by atoms with E-state index in [4.69, 9.17) is 22.8 Å². The van der Waals surface area contributed by atoms with E-state index in [1.165, 1.54) is 0 Å². The van der Waals surface area contributed by atoms with E-state index in [0.29, 0.717) is 0 Å². The van der Waals surface area contributed by atoms with E-state index in [0.717, 1.165) is 0 Å². The van der Waals surface area contributed by atoms with Crippen LogP contribution in [0, 0.1) is 0 Å². The van der Waals surface area contributed by atoms with E-state index in [-0.39, 0.29) is 0 Å². The third kappa shape index (κ3) is 15.0. The van der Waals surface area contributed by atoms with Crippen molar-refractivity contribution in [2.24, 2.45) is 0 Å². The van der Waals surface area contributed by atoms with E-state index in [1.54, 1.807) is 0 Å². The van der Waals surface area contributed by atoms with Crippen molar-refractivity contribution in [3.8, 4) is 0 Å². The Kier molecular flexibility index (Phi) is 10.6. The smallest absolute Gasteiger partial charge is 0.300 e. The van der Waals surface area contributed by atoms with Gasteiger partial charge in [-0.3, -0.25) is 22.8 Å². The minimum Gasteiger partial charge on any atom is -0.300 e. The minimum absolute atomic E-state index is 0.766. The molecular weight excluding hydrogens is 568 g/mol. The van der Waals surface area contributed by atoms with Gasteiger partial charge in [-0.25, -0.2) is 20.9 Å². The molecule has 0 saturated heterocycles. The van der Waals surface area contributed by atoms with Gasteiger partial charge in [0.15, 0.2) is 12.4 Å². The highest BCUT2D eigenvalue weighted by molar-refractivity contribution is 7.82. The largest absolute Gasteiger partial charge is 0.398 e. The van der Waals surface area contributed by atoms with Crippen LogP contribution in [-0.4, -0.2) is 102 Å². The van der Waals surface area contributed by atoms with Crippen LogP contribution in [0.1, 0.15) is 0 Å². The van der Waals surface area contributed by atoms with E-state index < -0.39 is 89.3 Å². The third-order valence-electron chi connectivity index (χ3n) is 2.47. The third-order valence-corrected chi connectivity index (χ3v) is 4.79. The van der Waals surface area contributed by atoms with Gasteiger partial charge in [0.2, 0.25) is 0 Å². The van der Waals surface area contributed by atoms with Crippen molar-refractivity contribution in [3.05, 3.63) is 0 Å². The molecule has 0 aliphatic heterocycles. The molecule has 0 bridgehead atoms. The SMILES string of the molecule is O=C[C@H](OS(=O)(=O)O)[C@@H](OS(=O)(=O)O)[C@H](OS(=O)(=O)O)[C@@H](COS(=O)(=O)O)OS(=O)(=O)O. The van der Waals surface area contributed by atoms with Crippen LogP contribution in [0.25, 0.3) is 0 Å². The van der Waals surface area contributed by atoms with E-state index >= 15 is 0 Å². The molecule has 4 atom stereocenters. The summed E-state index contributed by atoms with van der Waals surface area (Å²) in [5.74, 6) is 0. The van der Waals surface area contributed by atoms with Crippen molar-refractivity contribution >= 4 is 58.3 Å². The van der Waals surface area contributed by atoms with Crippen LogP contribution < -0.4 is 0 Å². The Labute approximate surface area is 179 Å². The zero-order chi connectivity index (χ0) is 25.8. The molecule has 0 aromatic rings. The Hall–Kier alpha value is -0.980. The Morgan fingerprint density at radius 1 is 0.562 bits per heavy atom. The van der Waals surface area contributed by atoms with Gasteiger partial charge in [0.25, 0.3) is 0 Å². The number of carbonyl (C=O) groups is 1. The van der Waals surface area contributed by atoms with Gasteiger partial charge in [-0.15, -0.1) is 0 Å². The van der Waals surface area contributed by atoms with Crippen molar-refractivity contribution in [3.63, 3.8) is 0 Å². The Morgan fingerprint density at radius 2 is 0.938 bits per heavy atom. The monoisotopic (exact) mass is 580 g/mol. The second-order valence-electron chi connectivity index (χ2n) is 4.88. The highest BCUT2D eigenvalue weighted by atomic mass is 32.3. The fraction of sp³-hybridized carbons (Fsp3) is 0.833. The molecule has 0 aromatic heterocycles. The number of rotatable bonds is 15. The summed E-state index contributed by atoms with van der Waals surface area (Å²) < 4.78 is 171. The van der Waals surface area contributed by atoms with Crippen LogP contribution in [0.15, 0.2) is 0 Å². The van der Waals surface area contributed by atoms with Crippen molar-refractivity contribution in [1.82, 2.24) is 0 Å². The minimum atomic E-state index is -5.93. The molecule has 0 rings (SSSR count). The summed E-state index contributed by atoms with van der Waals surface area (Å²) >= 11 is 0. The summed E-state index contributed by atoms with van der Waals surface area (Å²) in [6.45, 7) is -1.96. The number of carbonyl (C=O) groups excluding carboxylic acids is 1. The Morgan fingerprint density at radius 3 is 1.25 bits per heavy atom. The van der Waals surface area contributed by atoms with Gasteiger partial charge < -0.3 is 4.79 Å². The number of hydrogen-bond acceptors (Lipinski definition) is 16. The molecule has 0 heterocycles. The first-order chi connectivity index (χ1) is 13.9. The molecule has 5 N–H and O–H groups in total. The maximum atomic E-state index is 11.1.